The molecule has 6 heteroatoms. The Kier molecular flexibility index (Phi) is 5.20. The zero-order valence-electron chi connectivity index (χ0n) is 16.4. The third kappa shape index (κ3) is 3.54. The second-order valence-electron chi connectivity index (χ2n) is 7.12. The predicted molar refractivity (Wildman–Crippen MR) is 101 cm³/mol. The van der Waals surface area contributed by atoms with Crippen LogP contribution in [-0.2, 0) is 16.0 Å². The molecule has 2 aliphatic heterocycles. The lowest BCUT2D eigenvalue weighted by Crippen LogP contribution is -2.39. The predicted octanol–water partition coefficient (Wildman–Crippen LogP) is 3.40. The molecule has 146 valence electrons. The third-order valence-electron chi connectivity index (χ3n) is 4.65. The summed E-state index contributed by atoms with van der Waals surface area (Å²) in [6.07, 6.45) is 4.62. The lowest BCUT2D eigenvalue weighted by atomic mass is 9.92. The normalized spacial score (nSPS) is 19.6. The summed E-state index contributed by atoms with van der Waals surface area (Å²) in [6, 6.07) is 1.76. The van der Waals surface area contributed by atoms with Gasteiger partial charge in [-0.2, -0.15) is 0 Å². The van der Waals surface area contributed by atoms with Crippen molar-refractivity contribution in [3.8, 4) is 17.2 Å². The molecule has 0 spiro atoms. The number of methoxy groups -OCH3 is 1. The number of hydrogen-bond donors (Lipinski definition) is 1. The molecule has 6 nitrogen and oxygen atoms in total. The molecule has 1 N–H and O–H groups in total. The number of esters is 1. The van der Waals surface area contributed by atoms with Gasteiger partial charge in [0, 0.05) is 18.1 Å². The molecule has 0 radical (unpaired) electrons. The molecule has 0 bridgehead atoms. The Balaban J connectivity index is 2.10. The van der Waals surface area contributed by atoms with Crippen molar-refractivity contribution in [2.75, 3.05) is 13.7 Å². The first-order valence-electron chi connectivity index (χ1n) is 9.20. The number of rotatable bonds is 5. The minimum atomic E-state index is -0.998. The molecule has 0 fully saturated rings. The average Bonchev–Trinajstić information content (AvgIpc) is 3.04. The van der Waals surface area contributed by atoms with Gasteiger partial charge < -0.3 is 24.1 Å². The summed E-state index contributed by atoms with van der Waals surface area (Å²) < 4.78 is 22.6. The van der Waals surface area contributed by atoms with E-state index < -0.39 is 11.6 Å². The van der Waals surface area contributed by atoms with Gasteiger partial charge in [0.2, 0.25) is 5.76 Å². The zero-order chi connectivity index (χ0) is 19.8. The Morgan fingerprint density at radius 2 is 2.11 bits per heavy atom. The quantitative estimate of drug-likeness (QED) is 0.796. The fraction of sp³-hybridized carbons (Fsp3) is 0.476. The summed E-state index contributed by atoms with van der Waals surface area (Å²) in [5.41, 5.74) is 1.52. The summed E-state index contributed by atoms with van der Waals surface area (Å²) in [6.45, 7) is 7.47. The minimum Gasteiger partial charge on any atom is -0.496 e. The van der Waals surface area contributed by atoms with Crippen molar-refractivity contribution in [1.29, 1.82) is 0 Å². The number of benzene rings is 1. The highest BCUT2D eigenvalue weighted by atomic mass is 16.6. The van der Waals surface area contributed by atoms with E-state index in [1.165, 1.54) is 0 Å². The molecule has 1 aromatic carbocycles. The van der Waals surface area contributed by atoms with Gasteiger partial charge >= 0.3 is 5.97 Å². The van der Waals surface area contributed by atoms with Crippen LogP contribution in [0.2, 0.25) is 0 Å². The Hall–Kier alpha value is -2.47. The van der Waals surface area contributed by atoms with Gasteiger partial charge in [-0.3, -0.25) is 0 Å². The standard InChI is InChI=1S/C21H26O6/c1-6-8-12-9-16(20(22)25-7-2)26-15-11-14-13(19(24-5)18(12)15)10-17(27-14)21(3,4)23/h8-9,11,17,23H,6-7,10H2,1-5H3/b12-8+/t17-/m0/s1. The average molecular weight is 374 g/mol. The molecule has 2 heterocycles. The summed E-state index contributed by atoms with van der Waals surface area (Å²) >= 11 is 0. The minimum absolute atomic E-state index is 0.128. The maximum Gasteiger partial charge on any atom is 0.374 e. The Morgan fingerprint density at radius 1 is 1.37 bits per heavy atom. The van der Waals surface area contributed by atoms with E-state index in [2.05, 4.69) is 0 Å². The second-order valence-corrected chi connectivity index (χ2v) is 7.12. The molecule has 27 heavy (non-hydrogen) atoms. The molecule has 0 aromatic heterocycles. The maximum absolute atomic E-state index is 12.2. The second kappa shape index (κ2) is 7.27. The van der Waals surface area contributed by atoms with E-state index in [1.54, 1.807) is 40.0 Å². The Bertz CT molecular complexity index is 813. The van der Waals surface area contributed by atoms with Crippen molar-refractivity contribution in [1.82, 2.24) is 0 Å². The SMILES string of the molecule is CC/C=C1\C=C(C(=O)OCC)Oc2cc3c(c(OC)c21)C[C@@H](C(C)(C)O)O3. The molecule has 2 aliphatic rings. The van der Waals surface area contributed by atoms with Crippen molar-refractivity contribution in [2.45, 2.75) is 52.2 Å². The fourth-order valence-corrected chi connectivity index (χ4v) is 3.35. The fourth-order valence-electron chi connectivity index (χ4n) is 3.35. The maximum atomic E-state index is 12.2. The summed E-state index contributed by atoms with van der Waals surface area (Å²) in [4.78, 5) is 12.2. The van der Waals surface area contributed by atoms with Gasteiger partial charge in [-0.25, -0.2) is 4.79 Å². The van der Waals surface area contributed by atoms with Crippen molar-refractivity contribution < 1.29 is 28.8 Å². The molecule has 0 aliphatic carbocycles. The number of allylic oxidation sites excluding steroid dienone is 3. The van der Waals surface area contributed by atoms with Gasteiger partial charge in [-0.05, 0) is 38.8 Å². The van der Waals surface area contributed by atoms with Gasteiger partial charge in [0.1, 0.15) is 23.4 Å². The van der Waals surface area contributed by atoms with E-state index in [-0.39, 0.29) is 18.5 Å². The van der Waals surface area contributed by atoms with Crippen LogP contribution >= 0.6 is 0 Å². The molecular formula is C21H26O6. The highest BCUT2D eigenvalue weighted by Gasteiger charge is 2.39. The van der Waals surface area contributed by atoms with Crippen molar-refractivity contribution in [2.24, 2.45) is 0 Å². The molecule has 0 amide bonds. The van der Waals surface area contributed by atoms with E-state index in [0.29, 0.717) is 23.7 Å². The van der Waals surface area contributed by atoms with Crippen LogP contribution in [0.15, 0.2) is 24.0 Å². The van der Waals surface area contributed by atoms with Crippen LogP contribution in [-0.4, -0.2) is 36.5 Å². The highest BCUT2D eigenvalue weighted by molar-refractivity contribution is 5.95. The smallest absolute Gasteiger partial charge is 0.374 e. The van der Waals surface area contributed by atoms with Crippen LogP contribution < -0.4 is 14.2 Å². The lowest BCUT2D eigenvalue weighted by Gasteiger charge is -2.24. The monoisotopic (exact) mass is 374 g/mol. The summed E-state index contributed by atoms with van der Waals surface area (Å²) in [5.74, 6) is 1.34. The van der Waals surface area contributed by atoms with E-state index in [4.69, 9.17) is 18.9 Å². The number of carbonyl (C=O) groups is 1. The molecule has 0 saturated carbocycles. The van der Waals surface area contributed by atoms with Crippen LogP contribution in [0, 0.1) is 0 Å². The van der Waals surface area contributed by atoms with Crippen LogP contribution in [0.5, 0.6) is 17.2 Å². The Morgan fingerprint density at radius 3 is 2.70 bits per heavy atom. The summed E-state index contributed by atoms with van der Waals surface area (Å²) in [5, 5.41) is 10.3. The zero-order valence-corrected chi connectivity index (χ0v) is 16.4. The van der Waals surface area contributed by atoms with Crippen LogP contribution in [0.4, 0.5) is 0 Å². The van der Waals surface area contributed by atoms with Gasteiger partial charge in [-0.1, -0.05) is 13.0 Å². The highest BCUT2D eigenvalue weighted by Crippen LogP contribution is 2.50. The molecule has 1 atom stereocenters. The van der Waals surface area contributed by atoms with E-state index in [0.717, 1.165) is 23.1 Å². The third-order valence-corrected chi connectivity index (χ3v) is 4.65. The Labute approximate surface area is 159 Å². The number of aliphatic hydroxyl groups is 1. The number of carbonyl (C=O) groups excluding carboxylic acids is 1. The van der Waals surface area contributed by atoms with Crippen molar-refractivity contribution in [3.63, 3.8) is 0 Å². The van der Waals surface area contributed by atoms with Gasteiger partial charge in [0.25, 0.3) is 0 Å². The molecule has 0 saturated heterocycles. The number of hydrogen-bond acceptors (Lipinski definition) is 6. The number of fused-ring (bicyclic) bond motifs is 2. The lowest BCUT2D eigenvalue weighted by molar-refractivity contribution is -0.141. The number of ether oxygens (including phenoxy) is 4. The van der Waals surface area contributed by atoms with Gasteiger partial charge in [0.05, 0.1) is 24.9 Å². The van der Waals surface area contributed by atoms with E-state index in [1.807, 2.05) is 13.0 Å². The topological polar surface area (TPSA) is 74.2 Å². The summed E-state index contributed by atoms with van der Waals surface area (Å²) in [7, 11) is 1.60. The van der Waals surface area contributed by atoms with Crippen LogP contribution in [0.1, 0.15) is 45.2 Å². The van der Waals surface area contributed by atoms with Crippen LogP contribution in [0.25, 0.3) is 5.57 Å². The van der Waals surface area contributed by atoms with Gasteiger partial charge in [-0.15, -0.1) is 0 Å². The van der Waals surface area contributed by atoms with E-state index >= 15 is 0 Å². The molecule has 0 unspecified atom stereocenters. The first-order valence-corrected chi connectivity index (χ1v) is 9.20. The first-order chi connectivity index (χ1) is 12.8. The largest absolute Gasteiger partial charge is 0.496 e. The van der Waals surface area contributed by atoms with Crippen LogP contribution in [0.3, 0.4) is 0 Å². The van der Waals surface area contributed by atoms with Crippen molar-refractivity contribution in [3.05, 3.63) is 35.1 Å². The van der Waals surface area contributed by atoms with Gasteiger partial charge in [0.15, 0.2) is 0 Å². The van der Waals surface area contributed by atoms with E-state index in [9.17, 15) is 9.90 Å². The molecule has 1 aromatic rings. The van der Waals surface area contributed by atoms with Crippen molar-refractivity contribution >= 4 is 11.5 Å². The molecule has 3 rings (SSSR count). The first kappa shape index (κ1) is 19.3. The molecular weight excluding hydrogens is 348 g/mol.